The van der Waals surface area contributed by atoms with Gasteiger partial charge in [0.1, 0.15) is 0 Å². The van der Waals surface area contributed by atoms with Crippen molar-refractivity contribution in [3.8, 4) is 6.07 Å². The van der Waals surface area contributed by atoms with E-state index in [2.05, 4.69) is 16.7 Å². The van der Waals surface area contributed by atoms with E-state index < -0.39 is 0 Å². The molecule has 2 aromatic heterocycles. The minimum Gasteiger partial charge on any atom is -0.459 e. The van der Waals surface area contributed by atoms with Crippen LogP contribution < -0.4 is 10.6 Å². The van der Waals surface area contributed by atoms with Crippen LogP contribution in [0.3, 0.4) is 0 Å². The Morgan fingerprint density at radius 2 is 1.84 bits per heavy atom. The second-order valence-electron chi connectivity index (χ2n) is 5.08. The number of amides is 2. The van der Waals surface area contributed by atoms with Gasteiger partial charge in [0.2, 0.25) is 0 Å². The maximum atomic E-state index is 12.3. The fourth-order valence-corrected chi connectivity index (χ4v) is 2.89. The van der Waals surface area contributed by atoms with Gasteiger partial charge in [-0.1, -0.05) is 12.1 Å². The number of nitriles is 1. The van der Waals surface area contributed by atoms with Crippen molar-refractivity contribution in [2.45, 2.75) is 6.42 Å². The molecule has 0 aliphatic rings. The number of anilines is 2. The Bertz CT molecular complexity index is 921. The first-order chi connectivity index (χ1) is 12.2. The van der Waals surface area contributed by atoms with Gasteiger partial charge in [-0.2, -0.15) is 5.26 Å². The van der Waals surface area contributed by atoms with Crippen LogP contribution in [0, 0.1) is 11.3 Å². The first-order valence-electron chi connectivity index (χ1n) is 7.37. The minimum absolute atomic E-state index is 0.205. The zero-order chi connectivity index (χ0) is 17.6. The number of carbonyl (C=O) groups excluding carboxylic acids is 2. The van der Waals surface area contributed by atoms with Gasteiger partial charge in [-0.15, -0.1) is 11.3 Å². The maximum absolute atomic E-state index is 12.3. The van der Waals surface area contributed by atoms with Gasteiger partial charge in [0.15, 0.2) is 5.76 Å². The van der Waals surface area contributed by atoms with Crippen LogP contribution in [0.5, 0.6) is 0 Å². The molecule has 2 heterocycles. The van der Waals surface area contributed by atoms with E-state index in [9.17, 15) is 9.59 Å². The fourth-order valence-electron chi connectivity index (χ4n) is 2.10. The molecule has 2 amide bonds. The number of carbonyl (C=O) groups is 2. The van der Waals surface area contributed by atoms with Crippen LogP contribution in [-0.2, 0) is 6.42 Å². The molecule has 3 rings (SSSR count). The Morgan fingerprint density at radius 3 is 2.52 bits per heavy atom. The number of hydrogen-bond donors (Lipinski definition) is 2. The molecule has 6 nitrogen and oxygen atoms in total. The Labute approximate surface area is 147 Å². The highest BCUT2D eigenvalue weighted by atomic mass is 32.1. The summed E-state index contributed by atoms with van der Waals surface area (Å²) in [6, 6.07) is 15.6. The van der Waals surface area contributed by atoms with Gasteiger partial charge in [0, 0.05) is 5.69 Å². The van der Waals surface area contributed by atoms with Crippen molar-refractivity contribution in [2.75, 3.05) is 10.6 Å². The van der Waals surface area contributed by atoms with Gasteiger partial charge in [-0.3, -0.25) is 9.59 Å². The molecule has 0 fully saturated rings. The predicted octanol–water partition coefficient (Wildman–Crippen LogP) is 3.91. The fraction of sp³-hybridized carbons (Fsp3) is 0.0556. The largest absolute Gasteiger partial charge is 0.459 e. The number of furan rings is 1. The van der Waals surface area contributed by atoms with Crippen LogP contribution >= 0.6 is 11.3 Å². The lowest BCUT2D eigenvalue weighted by Crippen LogP contribution is -2.10. The SMILES string of the molecule is N#CCc1ccc(NC(=O)c2ccc(NC(=O)c3ccco3)s2)cc1. The molecule has 7 heteroatoms. The van der Waals surface area contributed by atoms with E-state index >= 15 is 0 Å². The molecule has 0 saturated heterocycles. The Morgan fingerprint density at radius 1 is 1.04 bits per heavy atom. The molecule has 0 bridgehead atoms. The van der Waals surface area contributed by atoms with Crippen molar-refractivity contribution in [3.05, 3.63) is 71.0 Å². The number of hydrogen-bond acceptors (Lipinski definition) is 5. The summed E-state index contributed by atoms with van der Waals surface area (Å²) in [7, 11) is 0. The van der Waals surface area contributed by atoms with Crippen molar-refractivity contribution >= 4 is 33.8 Å². The summed E-state index contributed by atoms with van der Waals surface area (Å²) in [6.45, 7) is 0. The van der Waals surface area contributed by atoms with E-state index in [1.165, 1.54) is 17.6 Å². The van der Waals surface area contributed by atoms with Gasteiger partial charge in [-0.25, -0.2) is 0 Å². The lowest BCUT2D eigenvalue weighted by molar-refractivity contribution is 0.0995. The normalized spacial score (nSPS) is 10.0. The van der Waals surface area contributed by atoms with E-state index in [4.69, 9.17) is 9.68 Å². The van der Waals surface area contributed by atoms with E-state index in [1.54, 1.807) is 48.5 Å². The summed E-state index contributed by atoms with van der Waals surface area (Å²) in [5.74, 6) is -0.430. The standard InChI is InChI=1S/C18H13N3O3S/c19-10-9-12-3-5-13(6-4-12)20-18(23)15-7-8-16(25-15)21-17(22)14-2-1-11-24-14/h1-8,11H,9H2,(H,20,23)(H,21,22). The first-order valence-corrected chi connectivity index (χ1v) is 8.19. The molecule has 124 valence electrons. The van der Waals surface area contributed by atoms with E-state index in [0.29, 0.717) is 22.0 Å². The third-order valence-electron chi connectivity index (χ3n) is 3.31. The summed E-state index contributed by atoms with van der Waals surface area (Å²) in [6.07, 6.45) is 1.75. The van der Waals surface area contributed by atoms with E-state index in [1.807, 2.05) is 0 Å². The van der Waals surface area contributed by atoms with Crippen LogP contribution in [0.2, 0.25) is 0 Å². The van der Waals surface area contributed by atoms with Crippen molar-refractivity contribution < 1.29 is 14.0 Å². The maximum Gasteiger partial charge on any atom is 0.291 e. The average Bonchev–Trinajstić information content (AvgIpc) is 3.28. The molecule has 0 unspecified atom stereocenters. The molecule has 2 N–H and O–H groups in total. The number of nitrogens with one attached hydrogen (secondary N) is 2. The lowest BCUT2D eigenvalue weighted by Gasteiger charge is -2.04. The lowest BCUT2D eigenvalue weighted by atomic mass is 10.1. The molecule has 0 saturated carbocycles. The minimum atomic E-state index is -0.369. The number of rotatable bonds is 5. The quantitative estimate of drug-likeness (QED) is 0.728. The Balaban J connectivity index is 1.62. The van der Waals surface area contributed by atoms with Crippen LogP contribution in [0.1, 0.15) is 25.8 Å². The molecular weight excluding hydrogens is 338 g/mol. The van der Waals surface area contributed by atoms with Gasteiger partial charge < -0.3 is 15.1 Å². The highest BCUT2D eigenvalue weighted by molar-refractivity contribution is 7.18. The molecular formula is C18H13N3O3S. The zero-order valence-corrected chi connectivity index (χ0v) is 13.8. The van der Waals surface area contributed by atoms with Crippen LogP contribution in [0.4, 0.5) is 10.7 Å². The highest BCUT2D eigenvalue weighted by Gasteiger charge is 2.13. The predicted molar refractivity (Wildman–Crippen MR) is 94.7 cm³/mol. The summed E-state index contributed by atoms with van der Waals surface area (Å²) in [5, 5.41) is 14.7. The van der Waals surface area contributed by atoms with Crippen LogP contribution in [0.25, 0.3) is 0 Å². The Hall–Kier alpha value is -3.37. The molecule has 1 aromatic carbocycles. The molecule has 3 aromatic rings. The smallest absolute Gasteiger partial charge is 0.291 e. The number of benzene rings is 1. The molecule has 0 spiro atoms. The third-order valence-corrected chi connectivity index (χ3v) is 4.31. The average molecular weight is 351 g/mol. The second kappa shape index (κ2) is 7.47. The molecule has 0 aliphatic carbocycles. The first kappa shape index (κ1) is 16.5. The highest BCUT2D eigenvalue weighted by Crippen LogP contribution is 2.24. The molecule has 0 aliphatic heterocycles. The second-order valence-corrected chi connectivity index (χ2v) is 6.17. The van der Waals surface area contributed by atoms with E-state index in [-0.39, 0.29) is 17.6 Å². The van der Waals surface area contributed by atoms with Crippen LogP contribution in [0.15, 0.2) is 59.2 Å². The molecule has 0 atom stereocenters. The van der Waals surface area contributed by atoms with Gasteiger partial charge in [0.25, 0.3) is 11.8 Å². The summed E-state index contributed by atoms with van der Waals surface area (Å²) in [4.78, 5) is 24.6. The summed E-state index contributed by atoms with van der Waals surface area (Å²) >= 11 is 1.17. The van der Waals surface area contributed by atoms with Gasteiger partial charge in [0.05, 0.1) is 28.6 Å². The summed E-state index contributed by atoms with van der Waals surface area (Å²) < 4.78 is 5.02. The third kappa shape index (κ3) is 4.13. The van der Waals surface area contributed by atoms with Crippen molar-refractivity contribution in [2.24, 2.45) is 0 Å². The van der Waals surface area contributed by atoms with Gasteiger partial charge in [-0.05, 0) is 42.0 Å². The van der Waals surface area contributed by atoms with Crippen LogP contribution in [-0.4, -0.2) is 11.8 Å². The number of nitrogens with zero attached hydrogens (tertiary/aromatic N) is 1. The zero-order valence-electron chi connectivity index (χ0n) is 13.0. The molecule has 25 heavy (non-hydrogen) atoms. The van der Waals surface area contributed by atoms with E-state index in [0.717, 1.165) is 5.56 Å². The monoisotopic (exact) mass is 351 g/mol. The topological polar surface area (TPSA) is 95.1 Å². The molecule has 0 radical (unpaired) electrons. The van der Waals surface area contributed by atoms with Crippen molar-refractivity contribution in [1.29, 1.82) is 5.26 Å². The Kier molecular flexibility index (Phi) is 4.92. The van der Waals surface area contributed by atoms with Crippen molar-refractivity contribution in [1.82, 2.24) is 0 Å². The number of thiophene rings is 1. The van der Waals surface area contributed by atoms with Crippen molar-refractivity contribution in [3.63, 3.8) is 0 Å². The van der Waals surface area contributed by atoms with Gasteiger partial charge >= 0.3 is 0 Å². The summed E-state index contributed by atoms with van der Waals surface area (Å²) in [5.41, 5.74) is 1.53.